The summed E-state index contributed by atoms with van der Waals surface area (Å²) in [5.41, 5.74) is 3.98. The van der Waals surface area contributed by atoms with Gasteiger partial charge < -0.3 is 16.2 Å². The highest BCUT2D eigenvalue weighted by molar-refractivity contribution is 5.79. The van der Waals surface area contributed by atoms with Gasteiger partial charge in [-0.25, -0.2) is 0 Å². The lowest BCUT2D eigenvalue weighted by Gasteiger charge is -2.39. The summed E-state index contributed by atoms with van der Waals surface area (Å²) >= 11 is 0. The molecule has 17 heavy (non-hydrogen) atoms. The Hall–Kier alpha value is -0.610. The zero-order valence-electron chi connectivity index (χ0n) is 12.0. The first-order chi connectivity index (χ1) is 7.51. The second-order valence-corrected chi connectivity index (χ2v) is 6.24. The molecule has 0 aromatic carbocycles. The van der Waals surface area contributed by atoms with Crippen LogP contribution in [0.25, 0.3) is 0 Å². The maximum atomic E-state index is 12.1. The van der Waals surface area contributed by atoms with Crippen LogP contribution in [0.4, 0.5) is 0 Å². The van der Waals surface area contributed by atoms with Gasteiger partial charge >= 0.3 is 0 Å². The summed E-state index contributed by atoms with van der Waals surface area (Å²) in [7, 11) is 0. The molecule has 0 saturated carbocycles. The highest BCUT2D eigenvalue weighted by Crippen LogP contribution is 2.22. The van der Waals surface area contributed by atoms with Crippen LogP contribution in [0, 0.1) is 11.8 Å². The molecular weight excluding hydrogens is 216 g/mol. The third-order valence-corrected chi connectivity index (χ3v) is 3.38. The Kier molecular flexibility index (Phi) is 5.62. The minimum Gasteiger partial charge on any atom is -0.388 e. The van der Waals surface area contributed by atoms with Crippen molar-refractivity contribution in [1.82, 2.24) is 5.32 Å². The molecule has 0 aliphatic carbocycles. The van der Waals surface area contributed by atoms with Crippen LogP contribution in [0.1, 0.15) is 48.0 Å². The molecule has 0 radical (unpaired) electrons. The number of nitrogens with two attached hydrogens (primary N) is 1. The van der Waals surface area contributed by atoms with E-state index in [2.05, 4.69) is 19.2 Å². The Bertz CT molecular complexity index is 255. The molecule has 4 N–H and O–H groups in total. The Morgan fingerprint density at radius 2 is 1.76 bits per heavy atom. The molecule has 0 bridgehead atoms. The summed E-state index contributed by atoms with van der Waals surface area (Å²) in [6, 6.07) is 0. The third kappa shape index (κ3) is 5.04. The fraction of sp³-hybridized carbons (Fsp3) is 0.923. The summed E-state index contributed by atoms with van der Waals surface area (Å²) < 4.78 is 0. The van der Waals surface area contributed by atoms with E-state index in [4.69, 9.17) is 5.73 Å². The second kappa shape index (κ2) is 5.83. The molecule has 0 spiro atoms. The van der Waals surface area contributed by atoms with E-state index in [0.29, 0.717) is 12.5 Å². The predicted molar refractivity (Wildman–Crippen MR) is 70.5 cm³/mol. The van der Waals surface area contributed by atoms with E-state index in [0.717, 1.165) is 6.42 Å². The molecule has 0 aromatic heterocycles. The SMILES string of the molecule is CC(C)CC(CN)C(=O)NC(C)(C)C(C)(C)O. The maximum absolute atomic E-state index is 12.1. The number of amides is 1. The van der Waals surface area contributed by atoms with Crippen LogP contribution in [0.2, 0.25) is 0 Å². The monoisotopic (exact) mass is 244 g/mol. The maximum Gasteiger partial charge on any atom is 0.224 e. The van der Waals surface area contributed by atoms with E-state index in [1.54, 1.807) is 13.8 Å². The van der Waals surface area contributed by atoms with Gasteiger partial charge in [0.2, 0.25) is 5.91 Å². The van der Waals surface area contributed by atoms with Crippen LogP contribution in [-0.4, -0.2) is 28.7 Å². The third-order valence-electron chi connectivity index (χ3n) is 3.38. The van der Waals surface area contributed by atoms with Gasteiger partial charge in [-0.3, -0.25) is 4.79 Å². The Morgan fingerprint density at radius 1 is 1.29 bits per heavy atom. The fourth-order valence-corrected chi connectivity index (χ4v) is 1.44. The van der Waals surface area contributed by atoms with E-state index < -0.39 is 11.1 Å². The molecule has 4 nitrogen and oxygen atoms in total. The zero-order chi connectivity index (χ0) is 13.9. The topological polar surface area (TPSA) is 75.4 Å². The summed E-state index contributed by atoms with van der Waals surface area (Å²) in [6.45, 7) is 11.5. The number of rotatable bonds is 6. The Morgan fingerprint density at radius 3 is 2.06 bits per heavy atom. The van der Waals surface area contributed by atoms with Gasteiger partial charge in [-0.1, -0.05) is 13.8 Å². The number of carbonyl (C=O) groups is 1. The van der Waals surface area contributed by atoms with Crippen molar-refractivity contribution in [3.8, 4) is 0 Å². The van der Waals surface area contributed by atoms with E-state index in [9.17, 15) is 9.90 Å². The fourth-order valence-electron chi connectivity index (χ4n) is 1.44. The Balaban J connectivity index is 4.62. The Labute approximate surface area is 105 Å². The standard InChI is InChI=1S/C13H28N2O2/c1-9(2)7-10(8-14)11(16)15-12(3,4)13(5,6)17/h9-10,17H,7-8,14H2,1-6H3,(H,15,16). The molecular formula is C13H28N2O2. The molecule has 0 fully saturated rings. The van der Waals surface area contributed by atoms with Crippen molar-refractivity contribution in [1.29, 1.82) is 0 Å². The van der Waals surface area contributed by atoms with Crippen molar-refractivity contribution >= 4 is 5.91 Å². The van der Waals surface area contributed by atoms with E-state index in [1.165, 1.54) is 0 Å². The van der Waals surface area contributed by atoms with Crippen LogP contribution in [0.5, 0.6) is 0 Å². The van der Waals surface area contributed by atoms with Gasteiger partial charge in [-0.05, 0) is 40.0 Å². The van der Waals surface area contributed by atoms with Gasteiger partial charge in [-0.15, -0.1) is 0 Å². The van der Waals surface area contributed by atoms with Gasteiger partial charge in [0.15, 0.2) is 0 Å². The van der Waals surface area contributed by atoms with Gasteiger partial charge in [0.25, 0.3) is 0 Å². The summed E-state index contributed by atoms with van der Waals surface area (Å²) in [6.07, 6.45) is 0.768. The largest absolute Gasteiger partial charge is 0.388 e. The van der Waals surface area contributed by atoms with Gasteiger partial charge in [-0.2, -0.15) is 0 Å². The molecule has 102 valence electrons. The average molecular weight is 244 g/mol. The van der Waals surface area contributed by atoms with Crippen molar-refractivity contribution in [2.24, 2.45) is 17.6 Å². The van der Waals surface area contributed by atoms with E-state index in [1.807, 2.05) is 13.8 Å². The van der Waals surface area contributed by atoms with Crippen LogP contribution < -0.4 is 11.1 Å². The molecule has 0 aliphatic rings. The molecule has 4 heteroatoms. The van der Waals surface area contributed by atoms with Gasteiger partial charge in [0.05, 0.1) is 17.1 Å². The molecule has 0 aliphatic heterocycles. The number of nitrogens with one attached hydrogen (secondary N) is 1. The van der Waals surface area contributed by atoms with Crippen molar-refractivity contribution in [2.75, 3.05) is 6.54 Å². The number of hydrogen-bond acceptors (Lipinski definition) is 3. The quantitative estimate of drug-likeness (QED) is 0.658. The van der Waals surface area contributed by atoms with Crippen LogP contribution in [0.15, 0.2) is 0 Å². The van der Waals surface area contributed by atoms with E-state index in [-0.39, 0.29) is 11.8 Å². The molecule has 1 unspecified atom stereocenters. The molecule has 0 aromatic rings. The normalized spacial score (nSPS) is 14.9. The summed E-state index contributed by atoms with van der Waals surface area (Å²) in [5.74, 6) is 0.171. The molecule has 0 heterocycles. The van der Waals surface area contributed by atoms with Crippen LogP contribution in [0.3, 0.4) is 0 Å². The van der Waals surface area contributed by atoms with Crippen LogP contribution in [-0.2, 0) is 4.79 Å². The molecule has 0 saturated heterocycles. The lowest BCUT2D eigenvalue weighted by Crippen LogP contribution is -2.59. The highest BCUT2D eigenvalue weighted by Gasteiger charge is 2.37. The number of aliphatic hydroxyl groups is 1. The lowest BCUT2D eigenvalue weighted by atomic mass is 9.85. The van der Waals surface area contributed by atoms with Crippen LogP contribution >= 0.6 is 0 Å². The van der Waals surface area contributed by atoms with Gasteiger partial charge in [0, 0.05) is 6.54 Å². The first-order valence-corrected chi connectivity index (χ1v) is 6.25. The minimum absolute atomic E-state index is 0.0756. The minimum atomic E-state index is -0.973. The number of hydrogen-bond donors (Lipinski definition) is 3. The predicted octanol–water partition coefficient (Wildman–Crippen LogP) is 1.27. The van der Waals surface area contributed by atoms with Crippen molar-refractivity contribution in [2.45, 2.75) is 59.1 Å². The van der Waals surface area contributed by atoms with E-state index >= 15 is 0 Å². The van der Waals surface area contributed by atoms with Gasteiger partial charge in [0.1, 0.15) is 0 Å². The first-order valence-electron chi connectivity index (χ1n) is 6.25. The smallest absolute Gasteiger partial charge is 0.224 e. The molecule has 1 amide bonds. The lowest BCUT2D eigenvalue weighted by molar-refractivity contribution is -0.130. The first kappa shape index (κ1) is 16.4. The zero-order valence-corrected chi connectivity index (χ0v) is 12.0. The number of carbonyl (C=O) groups excluding carboxylic acids is 1. The van der Waals surface area contributed by atoms with Crippen molar-refractivity contribution < 1.29 is 9.90 Å². The molecule has 0 rings (SSSR count). The average Bonchev–Trinajstić information content (AvgIpc) is 2.10. The van der Waals surface area contributed by atoms with Crippen molar-refractivity contribution in [3.05, 3.63) is 0 Å². The summed E-state index contributed by atoms with van der Waals surface area (Å²) in [5, 5.41) is 12.9. The molecule has 1 atom stereocenters. The second-order valence-electron chi connectivity index (χ2n) is 6.24. The van der Waals surface area contributed by atoms with Crippen molar-refractivity contribution in [3.63, 3.8) is 0 Å². The summed E-state index contributed by atoms with van der Waals surface area (Å²) in [4.78, 5) is 12.1. The highest BCUT2D eigenvalue weighted by atomic mass is 16.3.